The molecule has 20 heavy (non-hydrogen) atoms. The van der Waals surface area contributed by atoms with Crippen molar-refractivity contribution >= 4 is 22.6 Å². The lowest BCUT2D eigenvalue weighted by Gasteiger charge is -2.41. The van der Waals surface area contributed by atoms with Crippen LogP contribution in [0.15, 0.2) is 0 Å². The first-order chi connectivity index (χ1) is 9.45. The first-order valence-electron chi connectivity index (χ1n) is 8.75. The Balaban J connectivity index is 1.68. The van der Waals surface area contributed by atoms with Crippen LogP contribution in [0.1, 0.15) is 78.6 Å². The molecular formula is C18H31IO. The smallest absolute Gasteiger partial charge is 0.0696 e. The normalized spacial score (nSPS) is 48.0. The van der Waals surface area contributed by atoms with Crippen LogP contribution in [-0.4, -0.2) is 16.1 Å². The summed E-state index contributed by atoms with van der Waals surface area (Å²) in [5.74, 6) is 0.902. The third-order valence-corrected chi connectivity index (χ3v) is 8.60. The van der Waals surface area contributed by atoms with Gasteiger partial charge in [-0.25, -0.2) is 0 Å². The van der Waals surface area contributed by atoms with Crippen molar-refractivity contribution in [1.29, 1.82) is 0 Å². The van der Waals surface area contributed by atoms with Gasteiger partial charge < -0.3 is 4.74 Å². The van der Waals surface area contributed by atoms with E-state index >= 15 is 0 Å². The Morgan fingerprint density at radius 1 is 0.950 bits per heavy atom. The van der Waals surface area contributed by atoms with Crippen LogP contribution < -0.4 is 0 Å². The van der Waals surface area contributed by atoms with E-state index in [1.807, 2.05) is 0 Å². The molecule has 0 radical (unpaired) electrons. The van der Waals surface area contributed by atoms with Gasteiger partial charge in [0.25, 0.3) is 0 Å². The summed E-state index contributed by atoms with van der Waals surface area (Å²) in [5, 5.41) is 0. The molecule has 3 aliphatic rings. The highest BCUT2D eigenvalue weighted by molar-refractivity contribution is 14.1. The maximum absolute atomic E-state index is 6.77. The number of alkyl halides is 1. The summed E-state index contributed by atoms with van der Waals surface area (Å²) < 4.78 is 7.50. The molecule has 3 aliphatic carbocycles. The van der Waals surface area contributed by atoms with Crippen LogP contribution >= 0.6 is 22.6 Å². The molecule has 2 bridgehead atoms. The molecule has 0 aromatic heterocycles. The van der Waals surface area contributed by atoms with Crippen LogP contribution in [0, 0.1) is 16.7 Å². The maximum Gasteiger partial charge on any atom is 0.0696 e. The van der Waals surface area contributed by atoms with E-state index in [1.165, 1.54) is 57.8 Å². The predicted molar refractivity (Wildman–Crippen MR) is 93.4 cm³/mol. The summed E-state index contributed by atoms with van der Waals surface area (Å²) in [6, 6.07) is 0. The molecule has 3 fully saturated rings. The van der Waals surface area contributed by atoms with Crippen LogP contribution in [0.3, 0.4) is 0 Å². The van der Waals surface area contributed by atoms with Gasteiger partial charge in [-0.3, -0.25) is 0 Å². The summed E-state index contributed by atoms with van der Waals surface area (Å²) in [7, 11) is 0. The highest BCUT2D eigenvalue weighted by Crippen LogP contribution is 2.66. The number of fused-ring (bicyclic) bond motifs is 2. The van der Waals surface area contributed by atoms with Gasteiger partial charge in [0.05, 0.1) is 12.2 Å². The van der Waals surface area contributed by atoms with Gasteiger partial charge >= 0.3 is 0 Å². The average Bonchev–Trinajstić information content (AvgIpc) is 2.71. The van der Waals surface area contributed by atoms with E-state index in [0.717, 1.165) is 9.84 Å². The molecule has 0 spiro atoms. The molecule has 3 saturated carbocycles. The van der Waals surface area contributed by atoms with Crippen molar-refractivity contribution in [3.05, 3.63) is 0 Å². The van der Waals surface area contributed by atoms with Crippen molar-refractivity contribution in [3.63, 3.8) is 0 Å². The minimum absolute atomic E-state index is 0.427. The van der Waals surface area contributed by atoms with E-state index < -0.39 is 0 Å². The third-order valence-electron chi connectivity index (χ3n) is 7.17. The van der Waals surface area contributed by atoms with Gasteiger partial charge in [0.2, 0.25) is 0 Å². The van der Waals surface area contributed by atoms with Gasteiger partial charge in [0.15, 0.2) is 0 Å². The molecule has 0 heterocycles. The quantitative estimate of drug-likeness (QED) is 0.431. The van der Waals surface area contributed by atoms with Gasteiger partial charge in [-0.2, -0.15) is 0 Å². The van der Waals surface area contributed by atoms with Gasteiger partial charge in [-0.15, -0.1) is 0 Å². The maximum atomic E-state index is 6.77. The number of hydrogen-bond acceptors (Lipinski definition) is 1. The first-order valence-corrected chi connectivity index (χ1v) is 9.99. The monoisotopic (exact) mass is 390 g/mol. The van der Waals surface area contributed by atoms with Crippen LogP contribution in [0.25, 0.3) is 0 Å². The second-order valence-electron chi connectivity index (χ2n) is 8.28. The molecule has 116 valence electrons. The Kier molecular flexibility index (Phi) is 4.45. The molecular weight excluding hydrogens is 359 g/mol. The van der Waals surface area contributed by atoms with E-state index in [9.17, 15) is 0 Å². The fourth-order valence-electron chi connectivity index (χ4n) is 5.11. The van der Waals surface area contributed by atoms with E-state index in [1.54, 1.807) is 0 Å². The molecule has 0 saturated heterocycles. The fourth-order valence-corrected chi connectivity index (χ4v) is 6.07. The van der Waals surface area contributed by atoms with Crippen LogP contribution in [-0.2, 0) is 4.74 Å². The van der Waals surface area contributed by atoms with E-state index in [-0.39, 0.29) is 0 Å². The summed E-state index contributed by atoms with van der Waals surface area (Å²) in [6.07, 6.45) is 13.5. The number of ether oxygens (including phenoxy) is 1. The molecule has 0 N–H and O–H groups in total. The molecule has 0 aromatic rings. The zero-order valence-corrected chi connectivity index (χ0v) is 15.6. The molecule has 5 unspecified atom stereocenters. The minimum atomic E-state index is 0.427. The highest BCUT2D eigenvalue weighted by atomic mass is 127. The van der Waals surface area contributed by atoms with E-state index in [2.05, 4.69) is 43.4 Å². The summed E-state index contributed by atoms with van der Waals surface area (Å²) in [4.78, 5) is 0. The van der Waals surface area contributed by atoms with Crippen molar-refractivity contribution in [2.24, 2.45) is 16.7 Å². The molecule has 2 heteroatoms. The van der Waals surface area contributed by atoms with Crippen LogP contribution in [0.4, 0.5) is 0 Å². The molecule has 1 nitrogen and oxygen atoms in total. The molecule has 0 aromatic carbocycles. The lowest BCUT2D eigenvalue weighted by Crippen LogP contribution is -2.41. The number of rotatable bonds is 2. The lowest BCUT2D eigenvalue weighted by atomic mass is 9.70. The second-order valence-corrected chi connectivity index (χ2v) is 9.88. The van der Waals surface area contributed by atoms with Crippen LogP contribution in [0.5, 0.6) is 0 Å². The minimum Gasteiger partial charge on any atom is -0.373 e. The molecule has 0 amide bonds. The van der Waals surface area contributed by atoms with Crippen molar-refractivity contribution < 1.29 is 4.74 Å². The largest absolute Gasteiger partial charge is 0.373 e. The molecule has 0 aliphatic heterocycles. The van der Waals surface area contributed by atoms with E-state index in [0.29, 0.717) is 23.0 Å². The van der Waals surface area contributed by atoms with Gasteiger partial charge in [0.1, 0.15) is 0 Å². The van der Waals surface area contributed by atoms with Crippen molar-refractivity contribution in [1.82, 2.24) is 0 Å². The van der Waals surface area contributed by atoms with E-state index in [4.69, 9.17) is 4.74 Å². The fraction of sp³-hybridized carbons (Fsp3) is 1.00. The van der Waals surface area contributed by atoms with Gasteiger partial charge in [-0.05, 0) is 48.9 Å². The Hall–Kier alpha value is 0.690. The highest BCUT2D eigenvalue weighted by Gasteiger charge is 2.62. The van der Waals surface area contributed by atoms with Crippen LogP contribution in [0.2, 0.25) is 0 Å². The Morgan fingerprint density at radius 3 is 2.25 bits per heavy atom. The summed E-state index contributed by atoms with van der Waals surface area (Å²) in [6.45, 7) is 7.50. The van der Waals surface area contributed by atoms with Gasteiger partial charge in [0, 0.05) is 3.92 Å². The van der Waals surface area contributed by atoms with Gasteiger partial charge in [-0.1, -0.05) is 69.0 Å². The van der Waals surface area contributed by atoms with Crippen molar-refractivity contribution in [2.45, 2.75) is 94.7 Å². The summed E-state index contributed by atoms with van der Waals surface area (Å²) in [5.41, 5.74) is 0.913. The Morgan fingerprint density at radius 2 is 1.65 bits per heavy atom. The van der Waals surface area contributed by atoms with Crippen molar-refractivity contribution in [2.75, 3.05) is 0 Å². The summed E-state index contributed by atoms with van der Waals surface area (Å²) >= 11 is 2.67. The third kappa shape index (κ3) is 2.47. The zero-order valence-electron chi connectivity index (χ0n) is 13.5. The average molecular weight is 390 g/mol. The van der Waals surface area contributed by atoms with Crippen molar-refractivity contribution in [3.8, 4) is 0 Å². The zero-order chi connectivity index (χ0) is 14.4. The lowest BCUT2D eigenvalue weighted by molar-refractivity contribution is -0.0893. The second kappa shape index (κ2) is 5.72. The Labute approximate surface area is 138 Å². The number of halogens is 1. The Bertz CT molecular complexity index is 353. The molecule has 5 atom stereocenters. The first kappa shape index (κ1) is 15.6. The SMILES string of the molecule is CC1(C)C2CCC1(C)C(OC1CCCCCCC1I)C2. The topological polar surface area (TPSA) is 9.23 Å². The molecule has 3 rings (SSSR count). The number of hydrogen-bond donors (Lipinski definition) is 0. The predicted octanol–water partition coefficient (Wildman–Crippen LogP) is 5.74. The standard InChI is InChI=1S/C18H31IO/c1-17(2)13-10-11-18(17,3)16(12-13)20-15-9-7-5-4-6-8-14(15)19/h13-16H,4-12H2,1-3H3.